The SMILES string of the molecule is COC(=O)c1cn(-c2c(F)cccc2Br)nn1. The molecule has 0 aliphatic carbocycles. The van der Waals surface area contributed by atoms with Gasteiger partial charge in [0.05, 0.1) is 13.3 Å². The molecule has 0 saturated heterocycles. The number of carbonyl (C=O) groups is 1. The Kier molecular flexibility index (Phi) is 3.19. The first-order chi connectivity index (χ1) is 8.13. The van der Waals surface area contributed by atoms with Crippen molar-refractivity contribution >= 4 is 21.9 Å². The average Bonchev–Trinajstić information content (AvgIpc) is 2.77. The maximum atomic E-state index is 13.6. The lowest BCUT2D eigenvalue weighted by atomic mass is 10.3. The third-order valence-corrected chi connectivity index (χ3v) is 2.69. The molecule has 0 radical (unpaired) electrons. The van der Waals surface area contributed by atoms with E-state index in [1.807, 2.05) is 0 Å². The summed E-state index contributed by atoms with van der Waals surface area (Å²) in [5, 5.41) is 7.27. The van der Waals surface area contributed by atoms with E-state index >= 15 is 0 Å². The summed E-state index contributed by atoms with van der Waals surface area (Å²) in [5.41, 5.74) is 0.206. The number of nitrogens with zero attached hydrogens (tertiary/aromatic N) is 3. The Morgan fingerprint density at radius 2 is 2.29 bits per heavy atom. The minimum Gasteiger partial charge on any atom is -0.464 e. The van der Waals surface area contributed by atoms with Crippen LogP contribution in [0.4, 0.5) is 4.39 Å². The largest absolute Gasteiger partial charge is 0.464 e. The van der Waals surface area contributed by atoms with Crippen LogP contribution in [0.5, 0.6) is 0 Å². The number of benzene rings is 1. The molecule has 1 heterocycles. The van der Waals surface area contributed by atoms with Crippen LogP contribution in [0.1, 0.15) is 10.5 Å². The molecular weight excluding hydrogens is 293 g/mol. The zero-order valence-electron chi connectivity index (χ0n) is 8.72. The fraction of sp³-hybridized carbons (Fsp3) is 0.100. The van der Waals surface area contributed by atoms with Gasteiger partial charge in [0, 0.05) is 4.47 Å². The number of para-hydroxylation sites is 1. The van der Waals surface area contributed by atoms with Gasteiger partial charge in [-0.3, -0.25) is 0 Å². The molecule has 1 aromatic heterocycles. The Balaban J connectivity index is 2.47. The van der Waals surface area contributed by atoms with E-state index in [2.05, 4.69) is 31.0 Å². The highest BCUT2D eigenvalue weighted by atomic mass is 79.9. The molecule has 17 heavy (non-hydrogen) atoms. The quantitative estimate of drug-likeness (QED) is 0.796. The normalized spacial score (nSPS) is 10.3. The van der Waals surface area contributed by atoms with E-state index in [4.69, 9.17) is 0 Å². The van der Waals surface area contributed by atoms with Crippen LogP contribution in [0.2, 0.25) is 0 Å². The Morgan fingerprint density at radius 1 is 1.53 bits per heavy atom. The van der Waals surface area contributed by atoms with E-state index in [9.17, 15) is 9.18 Å². The molecule has 0 saturated carbocycles. The van der Waals surface area contributed by atoms with Crippen LogP contribution >= 0.6 is 15.9 Å². The smallest absolute Gasteiger partial charge is 0.360 e. The Bertz CT molecular complexity index is 550. The van der Waals surface area contributed by atoms with E-state index in [-0.39, 0.29) is 11.4 Å². The highest BCUT2D eigenvalue weighted by Crippen LogP contribution is 2.23. The molecule has 88 valence electrons. The second kappa shape index (κ2) is 4.62. The van der Waals surface area contributed by atoms with Crippen molar-refractivity contribution in [2.75, 3.05) is 7.11 Å². The van der Waals surface area contributed by atoms with E-state index < -0.39 is 11.8 Å². The molecule has 0 bridgehead atoms. The van der Waals surface area contributed by atoms with Crippen molar-refractivity contribution < 1.29 is 13.9 Å². The molecule has 0 amide bonds. The number of carbonyl (C=O) groups excluding carboxylic acids is 1. The van der Waals surface area contributed by atoms with Crippen LogP contribution in [0.25, 0.3) is 5.69 Å². The predicted molar refractivity (Wildman–Crippen MR) is 60.4 cm³/mol. The van der Waals surface area contributed by atoms with Crippen LogP contribution in [0.15, 0.2) is 28.9 Å². The third kappa shape index (κ3) is 2.19. The van der Waals surface area contributed by atoms with E-state index in [1.54, 1.807) is 12.1 Å². The molecule has 5 nitrogen and oxygen atoms in total. The summed E-state index contributed by atoms with van der Waals surface area (Å²) in [6, 6.07) is 4.51. The average molecular weight is 300 g/mol. The summed E-state index contributed by atoms with van der Waals surface area (Å²) in [5.74, 6) is -1.09. The van der Waals surface area contributed by atoms with Crippen molar-refractivity contribution in [2.24, 2.45) is 0 Å². The van der Waals surface area contributed by atoms with Gasteiger partial charge in [-0.25, -0.2) is 13.9 Å². The lowest BCUT2D eigenvalue weighted by Crippen LogP contribution is -2.01. The zero-order chi connectivity index (χ0) is 12.4. The van der Waals surface area contributed by atoms with Crippen LogP contribution in [-0.2, 0) is 4.74 Å². The lowest BCUT2D eigenvalue weighted by Gasteiger charge is -2.03. The molecule has 2 aromatic rings. The molecular formula is C10H7BrFN3O2. The Morgan fingerprint density at radius 3 is 2.94 bits per heavy atom. The van der Waals surface area contributed by atoms with Gasteiger partial charge >= 0.3 is 5.97 Å². The molecule has 1 aromatic carbocycles. The molecule has 0 N–H and O–H groups in total. The van der Waals surface area contributed by atoms with E-state index in [1.165, 1.54) is 24.1 Å². The van der Waals surface area contributed by atoms with Gasteiger partial charge in [-0.05, 0) is 28.1 Å². The summed E-state index contributed by atoms with van der Waals surface area (Å²) in [7, 11) is 1.24. The van der Waals surface area contributed by atoms with Gasteiger partial charge in [-0.15, -0.1) is 5.10 Å². The fourth-order valence-corrected chi connectivity index (χ4v) is 1.80. The summed E-state index contributed by atoms with van der Waals surface area (Å²) in [6.45, 7) is 0. The van der Waals surface area contributed by atoms with E-state index in [0.29, 0.717) is 4.47 Å². The highest BCUT2D eigenvalue weighted by Gasteiger charge is 2.15. The van der Waals surface area contributed by atoms with Gasteiger partial charge in [-0.2, -0.15) is 0 Å². The van der Waals surface area contributed by atoms with Crippen molar-refractivity contribution in [3.63, 3.8) is 0 Å². The third-order valence-electron chi connectivity index (χ3n) is 2.05. The van der Waals surface area contributed by atoms with Crippen molar-refractivity contribution in [1.82, 2.24) is 15.0 Å². The second-order valence-electron chi connectivity index (χ2n) is 3.11. The van der Waals surface area contributed by atoms with E-state index in [0.717, 1.165) is 0 Å². The maximum Gasteiger partial charge on any atom is 0.360 e. The summed E-state index contributed by atoms with van der Waals surface area (Å²) in [6.07, 6.45) is 1.30. The van der Waals surface area contributed by atoms with Crippen LogP contribution in [0, 0.1) is 5.82 Å². The zero-order valence-corrected chi connectivity index (χ0v) is 10.3. The maximum absolute atomic E-state index is 13.6. The molecule has 0 spiro atoms. The second-order valence-corrected chi connectivity index (χ2v) is 3.96. The minimum atomic E-state index is -0.622. The monoisotopic (exact) mass is 299 g/mol. The standard InChI is InChI=1S/C10H7BrFN3O2/c1-17-10(16)8-5-15(14-13-8)9-6(11)3-2-4-7(9)12/h2-5H,1H3. The number of rotatable bonds is 2. The van der Waals surface area contributed by atoms with Crippen LogP contribution < -0.4 is 0 Å². The number of aromatic nitrogens is 3. The predicted octanol–water partition coefficient (Wildman–Crippen LogP) is 1.96. The number of hydrogen-bond donors (Lipinski definition) is 0. The Hall–Kier alpha value is -1.76. The highest BCUT2D eigenvalue weighted by molar-refractivity contribution is 9.10. The number of ether oxygens (including phenoxy) is 1. The van der Waals surface area contributed by atoms with Crippen LogP contribution in [-0.4, -0.2) is 28.1 Å². The topological polar surface area (TPSA) is 57.0 Å². The molecule has 0 unspecified atom stereocenters. The van der Waals surface area contributed by atoms with Gasteiger partial charge < -0.3 is 4.74 Å². The number of methoxy groups -OCH3 is 1. The lowest BCUT2D eigenvalue weighted by molar-refractivity contribution is 0.0594. The molecule has 0 aliphatic rings. The van der Waals surface area contributed by atoms with Crippen molar-refractivity contribution in [3.05, 3.63) is 40.4 Å². The molecule has 2 rings (SSSR count). The summed E-state index contributed by atoms with van der Waals surface area (Å²) < 4.78 is 19.8. The fourth-order valence-electron chi connectivity index (χ4n) is 1.28. The summed E-state index contributed by atoms with van der Waals surface area (Å²) in [4.78, 5) is 11.2. The van der Waals surface area contributed by atoms with Crippen molar-refractivity contribution in [1.29, 1.82) is 0 Å². The van der Waals surface area contributed by atoms with Gasteiger partial charge in [0.25, 0.3) is 0 Å². The van der Waals surface area contributed by atoms with Crippen molar-refractivity contribution in [2.45, 2.75) is 0 Å². The molecule has 0 aliphatic heterocycles. The van der Waals surface area contributed by atoms with Gasteiger partial charge in [-0.1, -0.05) is 11.3 Å². The van der Waals surface area contributed by atoms with Gasteiger partial charge in [0.1, 0.15) is 11.5 Å². The number of halogens is 2. The minimum absolute atomic E-state index is 0.0163. The van der Waals surface area contributed by atoms with Crippen LogP contribution in [0.3, 0.4) is 0 Å². The number of hydrogen-bond acceptors (Lipinski definition) is 4. The molecule has 0 fully saturated rings. The first-order valence-electron chi connectivity index (χ1n) is 4.58. The first-order valence-corrected chi connectivity index (χ1v) is 5.38. The van der Waals surface area contributed by atoms with Gasteiger partial charge in [0.15, 0.2) is 5.69 Å². The summed E-state index contributed by atoms with van der Waals surface area (Å²) >= 11 is 3.20. The Labute approximate surface area is 104 Å². The molecule has 0 atom stereocenters. The van der Waals surface area contributed by atoms with Gasteiger partial charge in [0.2, 0.25) is 0 Å². The van der Waals surface area contributed by atoms with Crippen molar-refractivity contribution in [3.8, 4) is 5.69 Å². The number of esters is 1. The first kappa shape index (κ1) is 11.7. The molecule has 7 heteroatoms.